The Hall–Kier alpha value is -3.16. The molecule has 2 aromatic carbocycles. The lowest BCUT2D eigenvalue weighted by Gasteiger charge is -2.12. The van der Waals surface area contributed by atoms with Crippen LogP contribution in [0.4, 0.5) is 18.9 Å². The molecule has 0 saturated heterocycles. The predicted molar refractivity (Wildman–Crippen MR) is 101 cm³/mol. The topological polar surface area (TPSA) is 59.6 Å². The third kappa shape index (κ3) is 6.25. The van der Waals surface area contributed by atoms with Gasteiger partial charge in [-0.05, 0) is 23.8 Å². The van der Waals surface area contributed by atoms with Crippen LogP contribution in [0.3, 0.4) is 0 Å². The molecule has 0 heterocycles. The largest absolute Gasteiger partial charge is 0.416 e. The number of allylic oxidation sites excluding steroid dienone is 1. The molecule has 0 aromatic heterocycles. The van der Waals surface area contributed by atoms with Crippen LogP contribution >= 0.6 is 11.8 Å². The zero-order chi connectivity index (χ0) is 19.7. The van der Waals surface area contributed by atoms with Crippen molar-refractivity contribution >= 4 is 23.5 Å². The van der Waals surface area contributed by atoms with Gasteiger partial charge in [0, 0.05) is 11.4 Å². The summed E-state index contributed by atoms with van der Waals surface area (Å²) in [5.41, 5.74) is 0.152. The summed E-state index contributed by atoms with van der Waals surface area (Å²) in [6.45, 7) is 0. The molecule has 0 aliphatic carbocycles. The molecule has 0 amide bonds. The van der Waals surface area contributed by atoms with E-state index in [2.05, 4.69) is 5.32 Å². The van der Waals surface area contributed by atoms with Gasteiger partial charge in [-0.3, -0.25) is 0 Å². The molecule has 2 aromatic rings. The van der Waals surface area contributed by atoms with Crippen molar-refractivity contribution in [1.29, 1.82) is 10.5 Å². The minimum atomic E-state index is -4.47. The maximum atomic E-state index is 12.8. The average molecular weight is 385 g/mol. The molecule has 136 valence electrons. The number of nitrogens with one attached hydrogen (secondary N) is 1. The molecule has 2 rings (SSSR count). The van der Waals surface area contributed by atoms with E-state index in [9.17, 15) is 13.2 Å². The first-order chi connectivity index (χ1) is 12.9. The molecule has 0 aliphatic heterocycles. The first-order valence-electron chi connectivity index (χ1n) is 7.77. The molecule has 0 aliphatic rings. The number of halogens is 3. The number of hydrogen-bond donors (Lipinski definition) is 1. The lowest BCUT2D eigenvalue weighted by atomic mass is 10.2. The summed E-state index contributed by atoms with van der Waals surface area (Å²) in [6.07, 6.45) is -0.742. The van der Waals surface area contributed by atoms with Crippen LogP contribution in [0.1, 0.15) is 11.1 Å². The predicted octanol–water partition coefficient (Wildman–Crippen LogP) is 5.82. The van der Waals surface area contributed by atoms with Gasteiger partial charge in [0.05, 0.1) is 5.56 Å². The summed E-state index contributed by atoms with van der Waals surface area (Å²) >= 11 is 1.16. The fourth-order valence-electron chi connectivity index (χ4n) is 2.08. The molecule has 0 atom stereocenters. The van der Waals surface area contributed by atoms with Crippen LogP contribution in [-0.2, 0) is 6.18 Å². The van der Waals surface area contributed by atoms with Gasteiger partial charge in [0.15, 0.2) is 5.57 Å². The highest BCUT2D eigenvalue weighted by atomic mass is 32.2. The van der Waals surface area contributed by atoms with E-state index in [1.807, 2.05) is 42.5 Å². The number of benzene rings is 2. The van der Waals surface area contributed by atoms with Crippen LogP contribution in [0.2, 0.25) is 0 Å². The summed E-state index contributed by atoms with van der Waals surface area (Å²) in [5, 5.41) is 21.2. The second kappa shape index (κ2) is 9.51. The summed E-state index contributed by atoms with van der Waals surface area (Å²) in [4.78, 5) is 0. The molecule has 1 N–H and O–H groups in total. The van der Waals surface area contributed by atoms with E-state index in [1.54, 1.807) is 12.1 Å². The van der Waals surface area contributed by atoms with Crippen molar-refractivity contribution in [2.75, 3.05) is 11.1 Å². The molecule has 0 radical (unpaired) electrons. The fraction of sp³-hybridized carbons (Fsp3) is 0.100. The van der Waals surface area contributed by atoms with Crippen LogP contribution in [-0.4, -0.2) is 5.75 Å². The van der Waals surface area contributed by atoms with Gasteiger partial charge in [-0.2, -0.15) is 23.7 Å². The standard InChI is InChI=1S/C20H14F3N3S/c21-20(22,23)17-9-4-10-18(12-17)26-19(16(13-24)14-25)27-11-5-8-15-6-2-1-3-7-15/h1-10,12,26H,11H2. The normalized spacial score (nSPS) is 10.9. The number of anilines is 1. The number of alkyl halides is 3. The van der Waals surface area contributed by atoms with Crippen LogP contribution in [0, 0.1) is 22.7 Å². The molecule has 0 unspecified atom stereocenters. The monoisotopic (exact) mass is 385 g/mol. The maximum absolute atomic E-state index is 12.8. The molecule has 0 bridgehead atoms. The Morgan fingerprint density at radius 1 is 1.04 bits per heavy atom. The molecule has 0 saturated carbocycles. The lowest BCUT2D eigenvalue weighted by molar-refractivity contribution is -0.137. The van der Waals surface area contributed by atoms with Gasteiger partial charge in [-0.25, -0.2) is 0 Å². The van der Waals surface area contributed by atoms with Gasteiger partial charge in [-0.1, -0.05) is 48.6 Å². The van der Waals surface area contributed by atoms with E-state index >= 15 is 0 Å². The second-order valence-electron chi connectivity index (χ2n) is 5.26. The number of rotatable bonds is 6. The van der Waals surface area contributed by atoms with E-state index in [1.165, 1.54) is 12.1 Å². The Labute approximate surface area is 159 Å². The summed E-state index contributed by atoms with van der Waals surface area (Å²) in [5.74, 6) is 0.434. The lowest BCUT2D eigenvalue weighted by Crippen LogP contribution is -2.06. The van der Waals surface area contributed by atoms with Crippen LogP contribution in [0.5, 0.6) is 0 Å². The van der Waals surface area contributed by atoms with Crippen LogP contribution < -0.4 is 5.32 Å². The van der Waals surface area contributed by atoms with Crippen molar-refractivity contribution in [3.63, 3.8) is 0 Å². The Morgan fingerprint density at radius 3 is 2.37 bits per heavy atom. The summed E-state index contributed by atoms with van der Waals surface area (Å²) < 4.78 is 38.5. The first-order valence-corrected chi connectivity index (χ1v) is 8.75. The zero-order valence-electron chi connectivity index (χ0n) is 14.0. The number of hydrogen-bond acceptors (Lipinski definition) is 4. The average Bonchev–Trinajstić information content (AvgIpc) is 2.66. The van der Waals surface area contributed by atoms with E-state index in [0.717, 1.165) is 29.5 Å². The van der Waals surface area contributed by atoms with Crippen LogP contribution in [0.25, 0.3) is 6.08 Å². The highest BCUT2D eigenvalue weighted by Gasteiger charge is 2.30. The van der Waals surface area contributed by atoms with E-state index in [0.29, 0.717) is 5.75 Å². The second-order valence-corrected chi connectivity index (χ2v) is 6.29. The molecule has 0 fully saturated rings. The van der Waals surface area contributed by atoms with Crippen molar-refractivity contribution in [3.8, 4) is 12.1 Å². The highest BCUT2D eigenvalue weighted by Crippen LogP contribution is 2.32. The Balaban J connectivity index is 2.15. The molecule has 27 heavy (non-hydrogen) atoms. The van der Waals surface area contributed by atoms with E-state index in [4.69, 9.17) is 10.5 Å². The molecule has 0 spiro atoms. The quantitative estimate of drug-likeness (QED) is 0.636. The van der Waals surface area contributed by atoms with E-state index in [-0.39, 0.29) is 16.3 Å². The van der Waals surface area contributed by atoms with Crippen molar-refractivity contribution < 1.29 is 13.2 Å². The fourth-order valence-corrected chi connectivity index (χ4v) is 2.87. The molecular formula is C20H14F3N3S. The van der Waals surface area contributed by atoms with Gasteiger partial charge >= 0.3 is 6.18 Å². The van der Waals surface area contributed by atoms with Gasteiger partial charge in [0.25, 0.3) is 0 Å². The Kier molecular flexibility index (Phi) is 7.10. The Bertz CT molecular complexity index is 904. The smallest absolute Gasteiger partial charge is 0.349 e. The van der Waals surface area contributed by atoms with Crippen LogP contribution in [0.15, 0.2) is 71.3 Å². The number of thioether (sulfide) groups is 1. The van der Waals surface area contributed by atoms with E-state index < -0.39 is 11.7 Å². The number of nitriles is 2. The van der Waals surface area contributed by atoms with Gasteiger partial charge in [0.2, 0.25) is 0 Å². The summed E-state index contributed by atoms with van der Waals surface area (Å²) in [6, 6.07) is 17.7. The van der Waals surface area contributed by atoms with Crippen molar-refractivity contribution in [1.82, 2.24) is 0 Å². The molecule has 3 nitrogen and oxygen atoms in total. The van der Waals surface area contributed by atoms with Crippen molar-refractivity contribution in [3.05, 3.63) is 82.4 Å². The third-order valence-electron chi connectivity index (χ3n) is 3.33. The minimum absolute atomic E-state index is 0.155. The van der Waals surface area contributed by atoms with Gasteiger partial charge < -0.3 is 5.32 Å². The summed E-state index contributed by atoms with van der Waals surface area (Å²) in [7, 11) is 0. The van der Waals surface area contributed by atoms with Gasteiger partial charge in [-0.15, -0.1) is 11.8 Å². The Morgan fingerprint density at radius 2 is 1.74 bits per heavy atom. The highest BCUT2D eigenvalue weighted by molar-refractivity contribution is 8.03. The molecular weight excluding hydrogens is 371 g/mol. The molecule has 7 heteroatoms. The zero-order valence-corrected chi connectivity index (χ0v) is 14.8. The van der Waals surface area contributed by atoms with Crippen molar-refractivity contribution in [2.24, 2.45) is 0 Å². The van der Waals surface area contributed by atoms with Gasteiger partial charge in [0.1, 0.15) is 17.2 Å². The maximum Gasteiger partial charge on any atom is 0.416 e. The number of nitrogens with zero attached hydrogens (tertiary/aromatic N) is 2. The minimum Gasteiger partial charge on any atom is -0.349 e. The third-order valence-corrected chi connectivity index (χ3v) is 4.29. The van der Waals surface area contributed by atoms with Crippen molar-refractivity contribution in [2.45, 2.75) is 6.18 Å². The first kappa shape index (κ1) is 20.2. The SMILES string of the molecule is N#CC(C#N)=C(Nc1cccc(C(F)(F)F)c1)SCC=Cc1ccccc1.